The quantitative estimate of drug-likeness (QED) is 0.116. The Kier molecular flexibility index (Phi) is 10.7. The maximum absolute atomic E-state index is 13.6. The second-order valence-electron chi connectivity index (χ2n) is 16.5. The summed E-state index contributed by atoms with van der Waals surface area (Å²) >= 11 is 0. The Labute approximate surface area is 354 Å². The monoisotopic (exact) mass is 824 g/mol. The lowest BCUT2D eigenvalue weighted by molar-refractivity contribution is 0.0833. The number of amides is 1. The first-order valence-corrected chi connectivity index (χ1v) is 21.0. The molecule has 5 N–H and O–H groups in total. The molecule has 1 aromatic heterocycles. The highest BCUT2D eigenvalue weighted by atomic mass is 16.5. The molecule has 1 saturated carbocycles. The van der Waals surface area contributed by atoms with Crippen LogP contribution < -0.4 is 30.9 Å². The van der Waals surface area contributed by atoms with Gasteiger partial charge in [0.1, 0.15) is 17.2 Å². The SMILES string of the molecule is COc1cc(N2CCN(Cc3ccc(-n4c(-c5cc(C(C)C)c(O)cc5O)n[nH]c4=O)cc3)CC2)ccc1NC1=NC2C(=CN1)N(C)C(=O)c1ccccc1N2C1CCCC1. The number of aliphatic imine (C=N–C) groups is 1. The number of piperazine rings is 1. The lowest BCUT2D eigenvalue weighted by Gasteiger charge is -2.38. The minimum absolute atomic E-state index is 0.00161. The van der Waals surface area contributed by atoms with Gasteiger partial charge >= 0.3 is 5.69 Å². The van der Waals surface area contributed by atoms with Gasteiger partial charge in [-0.25, -0.2) is 19.5 Å². The molecule has 15 heteroatoms. The van der Waals surface area contributed by atoms with E-state index in [4.69, 9.17) is 9.73 Å². The number of carbonyl (C=O) groups is 1. The van der Waals surface area contributed by atoms with E-state index in [1.165, 1.54) is 10.6 Å². The number of hydrogen-bond acceptors (Lipinski definition) is 12. The van der Waals surface area contributed by atoms with Crippen LogP contribution in [0.5, 0.6) is 17.2 Å². The van der Waals surface area contributed by atoms with Gasteiger partial charge in [-0.15, -0.1) is 0 Å². The Balaban J connectivity index is 0.858. The van der Waals surface area contributed by atoms with Crippen molar-refractivity contribution < 1.29 is 19.7 Å². The maximum Gasteiger partial charge on any atom is 0.348 e. The molecule has 9 rings (SSSR count). The van der Waals surface area contributed by atoms with Crippen LogP contribution in [0, 0.1) is 0 Å². The zero-order chi connectivity index (χ0) is 42.4. The number of nitrogens with zero attached hydrogens (tertiary/aromatic N) is 7. The number of aromatic nitrogens is 3. The van der Waals surface area contributed by atoms with Crippen LogP contribution in [0.15, 0.2) is 101 Å². The molecule has 0 spiro atoms. The van der Waals surface area contributed by atoms with E-state index in [1.54, 1.807) is 18.1 Å². The Morgan fingerprint density at radius 2 is 1.62 bits per heavy atom. The van der Waals surface area contributed by atoms with Crippen molar-refractivity contribution in [2.24, 2.45) is 4.99 Å². The van der Waals surface area contributed by atoms with Gasteiger partial charge < -0.3 is 40.3 Å². The fourth-order valence-electron chi connectivity index (χ4n) is 9.11. The summed E-state index contributed by atoms with van der Waals surface area (Å²) in [5, 5.41) is 34.6. The molecule has 1 aliphatic carbocycles. The summed E-state index contributed by atoms with van der Waals surface area (Å²) in [7, 11) is 3.50. The number of aromatic hydroxyl groups is 2. The number of anilines is 3. The molecular formula is C46H52N10O5. The third-order valence-corrected chi connectivity index (χ3v) is 12.4. The zero-order valence-electron chi connectivity index (χ0n) is 34.9. The van der Waals surface area contributed by atoms with Gasteiger partial charge in [-0.2, -0.15) is 5.10 Å². The Morgan fingerprint density at radius 3 is 2.36 bits per heavy atom. The number of phenols is 2. The van der Waals surface area contributed by atoms with Crippen LogP contribution >= 0.6 is 0 Å². The van der Waals surface area contributed by atoms with Crippen molar-refractivity contribution in [2.75, 3.05) is 55.5 Å². The van der Waals surface area contributed by atoms with Crippen molar-refractivity contribution in [2.45, 2.75) is 64.2 Å². The highest BCUT2D eigenvalue weighted by Gasteiger charge is 2.40. The van der Waals surface area contributed by atoms with Gasteiger partial charge in [-0.05, 0) is 72.4 Å². The van der Waals surface area contributed by atoms with Gasteiger partial charge in [-0.3, -0.25) is 9.69 Å². The van der Waals surface area contributed by atoms with Crippen LogP contribution in [-0.2, 0) is 6.54 Å². The van der Waals surface area contributed by atoms with Gasteiger partial charge in [0.2, 0.25) is 5.96 Å². The van der Waals surface area contributed by atoms with Gasteiger partial charge in [0.25, 0.3) is 5.91 Å². The number of nitrogens with one attached hydrogen (secondary N) is 3. The molecule has 4 heterocycles. The van der Waals surface area contributed by atoms with Crippen LogP contribution in [0.2, 0.25) is 0 Å². The van der Waals surface area contributed by atoms with Crippen molar-refractivity contribution >= 4 is 28.9 Å². The molecule has 1 unspecified atom stereocenters. The van der Waals surface area contributed by atoms with E-state index in [1.807, 2.05) is 81.7 Å². The van der Waals surface area contributed by atoms with Crippen molar-refractivity contribution in [1.29, 1.82) is 0 Å². The number of ether oxygens (including phenoxy) is 1. The van der Waals surface area contributed by atoms with E-state index in [0.717, 1.165) is 86.7 Å². The summed E-state index contributed by atoms with van der Waals surface area (Å²) in [6.07, 6.45) is 5.97. The molecule has 61 heavy (non-hydrogen) atoms. The van der Waals surface area contributed by atoms with Crippen LogP contribution in [0.25, 0.3) is 17.1 Å². The second kappa shape index (κ2) is 16.4. The highest BCUT2D eigenvalue weighted by molar-refractivity contribution is 6.03. The summed E-state index contributed by atoms with van der Waals surface area (Å²) in [6.45, 7) is 8.05. The molecular weight excluding hydrogens is 773 g/mol. The van der Waals surface area contributed by atoms with E-state index in [9.17, 15) is 19.8 Å². The number of para-hydroxylation sites is 1. The lowest BCUT2D eigenvalue weighted by atomic mass is 9.98. The Morgan fingerprint density at radius 1 is 0.885 bits per heavy atom. The van der Waals surface area contributed by atoms with Crippen LogP contribution in [0.1, 0.15) is 66.9 Å². The van der Waals surface area contributed by atoms with E-state index in [0.29, 0.717) is 34.1 Å². The number of H-pyrrole nitrogens is 1. The molecule has 1 amide bonds. The van der Waals surface area contributed by atoms with Gasteiger partial charge in [0.05, 0.1) is 41.0 Å². The summed E-state index contributed by atoms with van der Waals surface area (Å²) in [6, 6.07) is 25.1. The molecule has 15 nitrogen and oxygen atoms in total. The zero-order valence-corrected chi connectivity index (χ0v) is 34.9. The molecule has 0 bridgehead atoms. The number of rotatable bonds is 9. The highest BCUT2D eigenvalue weighted by Crippen LogP contribution is 2.40. The standard InChI is InChI=1S/C46H52N10O5/c1-28(2)34-24-35(40(58)25-39(34)57)42-50-51-46(60)56(42)31-15-13-29(14-16-31)27-53-19-21-54(22-20-53)32-17-18-36(41(23-32)61-4)48-45-47-26-38-43(49-45)55(30-9-5-6-10-30)37-12-8-7-11-33(37)44(59)52(38)3/h7-8,11-18,23-26,28,30,43,57-58H,5-6,9-10,19-22,27H2,1-4H3,(H,51,60)(H2,47,48,49). The van der Waals surface area contributed by atoms with Crippen molar-refractivity contribution in [3.8, 4) is 34.3 Å². The van der Waals surface area contributed by atoms with E-state index >= 15 is 0 Å². The fraction of sp³-hybridized carbons (Fsp3) is 0.348. The van der Waals surface area contributed by atoms with Crippen molar-refractivity contribution in [3.05, 3.63) is 118 Å². The van der Waals surface area contributed by atoms with Crippen molar-refractivity contribution in [3.63, 3.8) is 0 Å². The maximum atomic E-state index is 13.6. The molecule has 316 valence electrons. The molecule has 1 atom stereocenters. The molecule has 3 aliphatic heterocycles. The van der Waals surface area contributed by atoms with E-state index in [-0.39, 0.29) is 41.4 Å². The molecule has 1 saturated heterocycles. The third kappa shape index (κ3) is 7.54. The first-order valence-electron chi connectivity index (χ1n) is 21.0. The molecule has 2 fully saturated rings. The smallest absolute Gasteiger partial charge is 0.348 e. The van der Waals surface area contributed by atoms with Crippen LogP contribution in [0.3, 0.4) is 0 Å². The number of guanidine groups is 1. The third-order valence-electron chi connectivity index (χ3n) is 12.4. The van der Waals surface area contributed by atoms with Gasteiger partial charge in [-0.1, -0.05) is 51.0 Å². The van der Waals surface area contributed by atoms with Crippen LogP contribution in [0.4, 0.5) is 17.1 Å². The van der Waals surface area contributed by atoms with Gasteiger partial charge in [0.15, 0.2) is 12.0 Å². The van der Waals surface area contributed by atoms with E-state index < -0.39 is 5.69 Å². The predicted molar refractivity (Wildman–Crippen MR) is 237 cm³/mol. The minimum atomic E-state index is -0.424. The summed E-state index contributed by atoms with van der Waals surface area (Å²) in [5.41, 5.74) is 6.60. The number of benzene rings is 4. The number of fused-ring (bicyclic) bond motifs is 2. The van der Waals surface area contributed by atoms with Crippen molar-refractivity contribution in [1.82, 2.24) is 29.9 Å². The largest absolute Gasteiger partial charge is 0.508 e. The average molecular weight is 825 g/mol. The summed E-state index contributed by atoms with van der Waals surface area (Å²) < 4.78 is 7.35. The normalized spacial score (nSPS) is 18.3. The Hall–Kier alpha value is -6.74. The van der Waals surface area contributed by atoms with Gasteiger partial charge in [0, 0.05) is 69.8 Å². The fourth-order valence-corrected chi connectivity index (χ4v) is 9.11. The topological polar surface area (TPSA) is 167 Å². The first kappa shape index (κ1) is 39.7. The summed E-state index contributed by atoms with van der Waals surface area (Å²) in [4.78, 5) is 40.6. The number of hydrogen-bond donors (Lipinski definition) is 5. The number of aromatic amines is 1. The second-order valence-corrected chi connectivity index (χ2v) is 16.5. The lowest BCUT2D eigenvalue weighted by Crippen LogP contribution is -2.48. The summed E-state index contributed by atoms with van der Waals surface area (Å²) in [5.74, 6) is 1.35. The Bertz CT molecular complexity index is 2570. The molecule has 4 aliphatic rings. The number of likely N-dealkylation sites (N-methyl/N-ethyl adjacent to an activating group) is 1. The number of carbonyl (C=O) groups excluding carboxylic acids is 1. The molecule has 4 aromatic carbocycles. The minimum Gasteiger partial charge on any atom is -0.508 e. The molecule has 5 aromatic rings. The number of phenolic OH excluding ortho intramolecular Hbond substituents is 2. The predicted octanol–water partition coefficient (Wildman–Crippen LogP) is 6.17. The van der Waals surface area contributed by atoms with E-state index in [2.05, 4.69) is 47.7 Å². The average Bonchev–Trinajstić information content (AvgIpc) is 3.93. The molecule has 0 radical (unpaired) electrons. The first-order chi connectivity index (χ1) is 29.6. The number of methoxy groups -OCH3 is 1. The van der Waals surface area contributed by atoms with Crippen LogP contribution in [-0.4, -0.2) is 99.2 Å².